The summed E-state index contributed by atoms with van der Waals surface area (Å²) in [5.41, 5.74) is 2.22. The average Bonchev–Trinajstić information content (AvgIpc) is 3.27. The summed E-state index contributed by atoms with van der Waals surface area (Å²) in [5.74, 6) is 1.99. The molecule has 8 nitrogen and oxygen atoms in total. The summed E-state index contributed by atoms with van der Waals surface area (Å²) in [5, 5.41) is 11.8. The predicted octanol–water partition coefficient (Wildman–Crippen LogP) is 2.08. The molecule has 0 N–H and O–H groups in total. The second kappa shape index (κ2) is 5.06. The molecule has 0 aliphatic heterocycles. The maximum absolute atomic E-state index is 5.13. The summed E-state index contributed by atoms with van der Waals surface area (Å²) < 4.78 is 11.9. The van der Waals surface area contributed by atoms with Crippen LogP contribution in [0.4, 0.5) is 0 Å². The lowest BCUT2D eigenvalue weighted by Crippen LogP contribution is -2.03. The van der Waals surface area contributed by atoms with Crippen LogP contribution >= 0.6 is 0 Å². The van der Waals surface area contributed by atoms with Gasteiger partial charge < -0.3 is 9.09 Å². The Morgan fingerprint density at radius 3 is 3.00 bits per heavy atom. The second-order valence-corrected chi connectivity index (χ2v) is 4.77. The normalized spacial score (nSPS) is 11.3. The Balaban J connectivity index is 1.75. The van der Waals surface area contributed by atoms with Crippen LogP contribution in [0.15, 0.2) is 39.7 Å². The lowest BCUT2D eigenvalue weighted by molar-refractivity contribution is 0.315. The van der Waals surface area contributed by atoms with Gasteiger partial charge in [-0.25, -0.2) is 9.61 Å². The standard InChI is InChI=1S/C14H12N6O2/c1-2-12-16-11(18-21-12)8-20-7-6-15-14(20)9-4-3-5-10-13(9)19-22-17-10/h3-7H,2,8H2,1H3. The van der Waals surface area contributed by atoms with Crippen molar-refractivity contribution in [2.45, 2.75) is 19.9 Å². The van der Waals surface area contributed by atoms with E-state index in [-0.39, 0.29) is 0 Å². The van der Waals surface area contributed by atoms with Crippen LogP contribution in [-0.2, 0) is 13.0 Å². The summed E-state index contributed by atoms with van der Waals surface area (Å²) in [7, 11) is 0. The van der Waals surface area contributed by atoms with E-state index in [0.29, 0.717) is 35.7 Å². The Morgan fingerprint density at radius 1 is 1.18 bits per heavy atom. The number of hydrogen-bond donors (Lipinski definition) is 0. The molecule has 0 aliphatic rings. The van der Waals surface area contributed by atoms with Crippen LogP contribution in [0.3, 0.4) is 0 Å². The highest BCUT2D eigenvalue weighted by atomic mass is 16.6. The van der Waals surface area contributed by atoms with Crippen molar-refractivity contribution in [1.29, 1.82) is 0 Å². The van der Waals surface area contributed by atoms with Gasteiger partial charge in [0.2, 0.25) is 5.89 Å². The molecule has 22 heavy (non-hydrogen) atoms. The minimum atomic E-state index is 0.473. The molecule has 3 heterocycles. The van der Waals surface area contributed by atoms with Crippen molar-refractivity contribution in [3.05, 3.63) is 42.3 Å². The summed E-state index contributed by atoms with van der Waals surface area (Å²) in [6.07, 6.45) is 4.31. The molecule has 0 amide bonds. The Labute approximate surface area is 124 Å². The van der Waals surface area contributed by atoms with E-state index in [1.165, 1.54) is 0 Å². The number of fused-ring (bicyclic) bond motifs is 1. The van der Waals surface area contributed by atoms with Gasteiger partial charge in [0.1, 0.15) is 16.9 Å². The fourth-order valence-corrected chi connectivity index (χ4v) is 2.32. The SMILES string of the molecule is CCc1nc(Cn2ccnc2-c2cccc3nonc23)no1. The molecule has 0 saturated heterocycles. The highest BCUT2D eigenvalue weighted by Crippen LogP contribution is 2.25. The lowest BCUT2D eigenvalue weighted by Gasteiger charge is -2.05. The molecule has 8 heteroatoms. The summed E-state index contributed by atoms with van der Waals surface area (Å²) >= 11 is 0. The zero-order valence-electron chi connectivity index (χ0n) is 11.8. The van der Waals surface area contributed by atoms with Crippen LogP contribution in [0.2, 0.25) is 0 Å². The van der Waals surface area contributed by atoms with E-state index >= 15 is 0 Å². The maximum Gasteiger partial charge on any atom is 0.226 e. The van der Waals surface area contributed by atoms with Crippen LogP contribution in [0, 0.1) is 0 Å². The fraction of sp³-hybridized carbons (Fsp3) is 0.214. The third-order valence-corrected chi connectivity index (χ3v) is 3.37. The summed E-state index contributed by atoms with van der Waals surface area (Å²) in [6.45, 7) is 2.44. The lowest BCUT2D eigenvalue weighted by atomic mass is 10.1. The van der Waals surface area contributed by atoms with Crippen molar-refractivity contribution < 1.29 is 9.15 Å². The van der Waals surface area contributed by atoms with Crippen molar-refractivity contribution in [2.75, 3.05) is 0 Å². The molecular formula is C14H12N6O2. The van der Waals surface area contributed by atoms with Crippen molar-refractivity contribution in [1.82, 2.24) is 30.0 Å². The van der Waals surface area contributed by atoms with Gasteiger partial charge in [-0.15, -0.1) is 0 Å². The first kappa shape index (κ1) is 12.7. The molecule has 4 aromatic rings. The average molecular weight is 296 g/mol. The molecule has 110 valence electrons. The minimum absolute atomic E-state index is 0.473. The smallest absolute Gasteiger partial charge is 0.226 e. The van der Waals surface area contributed by atoms with E-state index in [2.05, 4.69) is 25.4 Å². The molecule has 0 bridgehead atoms. The number of rotatable bonds is 4. The quantitative estimate of drug-likeness (QED) is 0.568. The molecule has 0 fully saturated rings. The molecule has 0 radical (unpaired) electrons. The van der Waals surface area contributed by atoms with E-state index in [1.54, 1.807) is 6.20 Å². The van der Waals surface area contributed by atoms with Gasteiger partial charge in [-0.1, -0.05) is 18.1 Å². The largest absolute Gasteiger partial charge is 0.339 e. The van der Waals surface area contributed by atoms with Crippen molar-refractivity contribution in [2.24, 2.45) is 0 Å². The molecule has 0 aliphatic carbocycles. The first-order valence-electron chi connectivity index (χ1n) is 6.89. The number of imidazole rings is 1. The van der Waals surface area contributed by atoms with Gasteiger partial charge in [0.25, 0.3) is 0 Å². The third kappa shape index (κ3) is 2.05. The molecule has 0 saturated carbocycles. The highest BCUT2D eigenvalue weighted by molar-refractivity contribution is 5.88. The van der Waals surface area contributed by atoms with E-state index in [4.69, 9.17) is 9.15 Å². The van der Waals surface area contributed by atoms with Gasteiger partial charge in [-0.2, -0.15) is 4.98 Å². The fourth-order valence-electron chi connectivity index (χ4n) is 2.32. The molecule has 0 unspecified atom stereocenters. The molecule has 0 atom stereocenters. The molecular weight excluding hydrogens is 284 g/mol. The van der Waals surface area contributed by atoms with Gasteiger partial charge in [-0.05, 0) is 22.4 Å². The van der Waals surface area contributed by atoms with E-state index < -0.39 is 0 Å². The maximum atomic E-state index is 5.13. The highest BCUT2D eigenvalue weighted by Gasteiger charge is 2.15. The molecule has 4 rings (SSSR count). The number of benzene rings is 1. The van der Waals surface area contributed by atoms with Crippen LogP contribution in [-0.4, -0.2) is 30.0 Å². The minimum Gasteiger partial charge on any atom is -0.339 e. The number of hydrogen-bond acceptors (Lipinski definition) is 7. The Morgan fingerprint density at radius 2 is 2.14 bits per heavy atom. The van der Waals surface area contributed by atoms with E-state index in [1.807, 2.05) is 35.9 Å². The van der Waals surface area contributed by atoms with Gasteiger partial charge in [0, 0.05) is 24.4 Å². The van der Waals surface area contributed by atoms with E-state index in [0.717, 1.165) is 11.4 Å². The van der Waals surface area contributed by atoms with Crippen LogP contribution < -0.4 is 0 Å². The first-order chi connectivity index (χ1) is 10.8. The van der Waals surface area contributed by atoms with Gasteiger partial charge >= 0.3 is 0 Å². The molecule has 0 spiro atoms. The number of aromatic nitrogens is 6. The topological polar surface area (TPSA) is 95.7 Å². The van der Waals surface area contributed by atoms with Gasteiger partial charge in [0.15, 0.2) is 5.82 Å². The van der Waals surface area contributed by atoms with Crippen molar-refractivity contribution in [3.8, 4) is 11.4 Å². The Bertz CT molecular complexity index is 922. The zero-order chi connectivity index (χ0) is 14.9. The molecule has 1 aromatic carbocycles. The third-order valence-electron chi connectivity index (χ3n) is 3.37. The molecule has 3 aromatic heterocycles. The van der Waals surface area contributed by atoms with Gasteiger partial charge in [0.05, 0.1) is 6.54 Å². The van der Waals surface area contributed by atoms with Gasteiger partial charge in [-0.3, -0.25) is 0 Å². The number of nitrogens with zero attached hydrogens (tertiary/aromatic N) is 6. The van der Waals surface area contributed by atoms with E-state index in [9.17, 15) is 0 Å². The van der Waals surface area contributed by atoms with Crippen molar-refractivity contribution >= 4 is 11.0 Å². The van der Waals surface area contributed by atoms with Crippen LogP contribution in [0.25, 0.3) is 22.4 Å². The number of aryl methyl sites for hydroxylation is 1. The first-order valence-corrected chi connectivity index (χ1v) is 6.89. The van der Waals surface area contributed by atoms with Crippen LogP contribution in [0.5, 0.6) is 0 Å². The summed E-state index contributed by atoms with van der Waals surface area (Å²) in [6, 6.07) is 5.67. The second-order valence-electron chi connectivity index (χ2n) is 4.77. The zero-order valence-corrected chi connectivity index (χ0v) is 11.8. The van der Waals surface area contributed by atoms with Crippen LogP contribution in [0.1, 0.15) is 18.6 Å². The van der Waals surface area contributed by atoms with Crippen molar-refractivity contribution in [3.63, 3.8) is 0 Å². The predicted molar refractivity (Wildman–Crippen MR) is 75.8 cm³/mol. The Kier molecular flexibility index (Phi) is 2.92. The Hall–Kier alpha value is -3.03. The monoisotopic (exact) mass is 296 g/mol. The summed E-state index contributed by atoms with van der Waals surface area (Å²) in [4.78, 5) is 8.72.